The fourth-order valence-corrected chi connectivity index (χ4v) is 1.77. The van der Waals surface area contributed by atoms with E-state index in [1.54, 1.807) is 0 Å². The molecule has 1 aromatic heterocycles. The summed E-state index contributed by atoms with van der Waals surface area (Å²) < 4.78 is 45.1. The number of halogens is 3. The number of hydrogen-bond donors (Lipinski definition) is 1. The van der Waals surface area contributed by atoms with E-state index in [0.29, 0.717) is 11.1 Å². The van der Waals surface area contributed by atoms with Gasteiger partial charge in [0.1, 0.15) is 5.75 Å². The van der Waals surface area contributed by atoms with E-state index in [1.165, 1.54) is 25.3 Å². The van der Waals surface area contributed by atoms with Crippen LogP contribution in [0.15, 0.2) is 36.5 Å². The third kappa shape index (κ3) is 3.66. The van der Waals surface area contributed by atoms with E-state index in [-0.39, 0.29) is 17.2 Å². The van der Waals surface area contributed by atoms with Crippen LogP contribution in [0.25, 0.3) is 11.1 Å². The van der Waals surface area contributed by atoms with E-state index in [9.17, 15) is 18.0 Å². The summed E-state index contributed by atoms with van der Waals surface area (Å²) in [6.07, 6.45) is -3.64. The molecule has 116 valence electrons. The Morgan fingerprint density at radius 2 is 1.86 bits per heavy atom. The van der Waals surface area contributed by atoms with Crippen LogP contribution in [-0.4, -0.2) is 29.5 Å². The van der Waals surface area contributed by atoms with Crippen molar-refractivity contribution in [2.45, 2.75) is 6.36 Å². The van der Waals surface area contributed by atoms with Gasteiger partial charge in [0.2, 0.25) is 5.88 Å². The van der Waals surface area contributed by atoms with Gasteiger partial charge in [-0.05, 0) is 23.8 Å². The number of ether oxygens (including phenoxy) is 2. The van der Waals surface area contributed by atoms with Crippen molar-refractivity contribution < 1.29 is 32.5 Å². The number of aromatic nitrogens is 1. The van der Waals surface area contributed by atoms with Crippen LogP contribution in [-0.2, 0) is 0 Å². The smallest absolute Gasteiger partial charge is 0.481 e. The lowest BCUT2D eigenvalue weighted by Gasteiger charge is -2.11. The summed E-state index contributed by atoms with van der Waals surface area (Å²) in [6, 6.07) is 6.28. The first-order chi connectivity index (χ1) is 10.3. The van der Waals surface area contributed by atoms with Crippen LogP contribution in [0.3, 0.4) is 0 Å². The van der Waals surface area contributed by atoms with Gasteiger partial charge in [-0.2, -0.15) is 0 Å². The summed E-state index contributed by atoms with van der Waals surface area (Å²) in [7, 11) is 1.35. The van der Waals surface area contributed by atoms with Crippen molar-refractivity contribution >= 4 is 5.97 Å². The second kappa shape index (κ2) is 5.92. The lowest BCUT2D eigenvalue weighted by atomic mass is 10.1. The number of carboxylic acids is 1. The maximum atomic E-state index is 12.1. The number of pyridine rings is 1. The molecule has 0 atom stereocenters. The number of methoxy groups -OCH3 is 1. The van der Waals surface area contributed by atoms with Crippen LogP contribution in [0.5, 0.6) is 11.6 Å². The standard InChI is InChI=1S/C14H10F3NO4/c1-21-12-11(6-9(7-18-12)13(19)20)8-2-4-10(5-3-8)22-14(15,16)17/h2-7H,1H3,(H,19,20). The monoisotopic (exact) mass is 313 g/mol. The SMILES string of the molecule is COc1ncc(C(=O)O)cc1-c1ccc(OC(F)(F)F)cc1. The third-order valence-electron chi connectivity index (χ3n) is 2.69. The average Bonchev–Trinajstić information content (AvgIpc) is 2.45. The van der Waals surface area contributed by atoms with E-state index in [1.807, 2.05) is 0 Å². The lowest BCUT2D eigenvalue weighted by molar-refractivity contribution is -0.274. The maximum absolute atomic E-state index is 12.1. The highest BCUT2D eigenvalue weighted by molar-refractivity contribution is 5.89. The summed E-state index contributed by atoms with van der Waals surface area (Å²) in [5.41, 5.74) is 0.731. The second-order valence-electron chi connectivity index (χ2n) is 4.16. The van der Waals surface area contributed by atoms with Crippen molar-refractivity contribution in [1.82, 2.24) is 4.98 Å². The van der Waals surface area contributed by atoms with E-state index in [2.05, 4.69) is 9.72 Å². The van der Waals surface area contributed by atoms with E-state index >= 15 is 0 Å². The Hall–Kier alpha value is -2.77. The fourth-order valence-electron chi connectivity index (χ4n) is 1.77. The number of benzene rings is 1. The molecule has 1 N–H and O–H groups in total. The van der Waals surface area contributed by atoms with Gasteiger partial charge in [0, 0.05) is 11.8 Å². The second-order valence-corrected chi connectivity index (χ2v) is 4.16. The van der Waals surface area contributed by atoms with Gasteiger partial charge in [0.15, 0.2) is 0 Å². The Morgan fingerprint density at radius 1 is 1.23 bits per heavy atom. The summed E-state index contributed by atoms with van der Waals surface area (Å²) in [5.74, 6) is -1.39. The topological polar surface area (TPSA) is 68.7 Å². The minimum Gasteiger partial charge on any atom is -0.481 e. The molecule has 0 aliphatic heterocycles. The summed E-state index contributed by atoms with van der Waals surface area (Å²) in [5, 5.41) is 8.97. The summed E-state index contributed by atoms with van der Waals surface area (Å²) in [6.45, 7) is 0. The molecule has 0 saturated heterocycles. The van der Waals surface area contributed by atoms with Gasteiger partial charge in [0.25, 0.3) is 0 Å². The van der Waals surface area contributed by atoms with E-state index in [4.69, 9.17) is 9.84 Å². The molecular formula is C14H10F3NO4. The van der Waals surface area contributed by atoms with Crippen LogP contribution in [0.4, 0.5) is 13.2 Å². The van der Waals surface area contributed by atoms with Gasteiger partial charge in [-0.15, -0.1) is 13.2 Å². The van der Waals surface area contributed by atoms with Crippen molar-refractivity contribution in [2.75, 3.05) is 7.11 Å². The molecule has 0 amide bonds. The number of carboxylic acid groups (broad SMARTS) is 1. The summed E-state index contributed by atoms with van der Waals surface area (Å²) >= 11 is 0. The molecule has 0 aliphatic rings. The predicted molar refractivity (Wildman–Crippen MR) is 69.9 cm³/mol. The maximum Gasteiger partial charge on any atom is 0.573 e. The van der Waals surface area contributed by atoms with Crippen LogP contribution in [0, 0.1) is 0 Å². The number of alkyl halides is 3. The Kier molecular flexibility index (Phi) is 4.20. The van der Waals surface area contributed by atoms with Crippen molar-refractivity contribution in [3.05, 3.63) is 42.1 Å². The molecule has 0 spiro atoms. The predicted octanol–water partition coefficient (Wildman–Crippen LogP) is 3.35. The number of nitrogens with zero attached hydrogens (tertiary/aromatic N) is 1. The number of aromatic carboxylic acids is 1. The third-order valence-corrected chi connectivity index (χ3v) is 2.69. The molecule has 22 heavy (non-hydrogen) atoms. The fraction of sp³-hybridized carbons (Fsp3) is 0.143. The van der Waals surface area contributed by atoms with Gasteiger partial charge >= 0.3 is 12.3 Å². The van der Waals surface area contributed by atoms with Crippen LogP contribution >= 0.6 is 0 Å². The summed E-state index contributed by atoms with van der Waals surface area (Å²) in [4.78, 5) is 14.8. The van der Waals surface area contributed by atoms with Crippen LogP contribution in [0.1, 0.15) is 10.4 Å². The van der Waals surface area contributed by atoms with Gasteiger partial charge in [-0.25, -0.2) is 9.78 Å². The first-order valence-electron chi connectivity index (χ1n) is 5.93. The van der Waals surface area contributed by atoms with E-state index in [0.717, 1.165) is 18.3 Å². The molecule has 1 aromatic carbocycles. The Balaban J connectivity index is 2.38. The highest BCUT2D eigenvalue weighted by Crippen LogP contribution is 2.31. The normalized spacial score (nSPS) is 11.1. The minimum atomic E-state index is -4.77. The molecule has 1 heterocycles. The zero-order chi connectivity index (χ0) is 16.3. The molecule has 0 saturated carbocycles. The molecule has 0 bridgehead atoms. The van der Waals surface area contributed by atoms with Gasteiger partial charge in [-0.3, -0.25) is 0 Å². The Morgan fingerprint density at radius 3 is 2.36 bits per heavy atom. The largest absolute Gasteiger partial charge is 0.573 e. The molecule has 2 aromatic rings. The Bertz CT molecular complexity index is 683. The number of hydrogen-bond acceptors (Lipinski definition) is 4. The molecular weight excluding hydrogens is 303 g/mol. The number of rotatable bonds is 4. The van der Waals surface area contributed by atoms with Gasteiger partial charge < -0.3 is 14.6 Å². The zero-order valence-electron chi connectivity index (χ0n) is 11.2. The molecule has 2 rings (SSSR count). The average molecular weight is 313 g/mol. The molecule has 0 fully saturated rings. The van der Waals surface area contributed by atoms with Crippen molar-refractivity contribution in [3.8, 4) is 22.8 Å². The Labute approximate surface area is 122 Å². The van der Waals surface area contributed by atoms with Crippen LogP contribution < -0.4 is 9.47 Å². The molecule has 0 unspecified atom stereocenters. The van der Waals surface area contributed by atoms with Crippen LogP contribution in [0.2, 0.25) is 0 Å². The minimum absolute atomic E-state index is 0.0635. The van der Waals surface area contributed by atoms with Gasteiger partial charge in [-0.1, -0.05) is 12.1 Å². The highest BCUT2D eigenvalue weighted by atomic mass is 19.4. The molecule has 0 aliphatic carbocycles. The number of carbonyl (C=O) groups is 1. The van der Waals surface area contributed by atoms with Crippen molar-refractivity contribution in [1.29, 1.82) is 0 Å². The highest BCUT2D eigenvalue weighted by Gasteiger charge is 2.31. The molecule has 5 nitrogen and oxygen atoms in total. The zero-order valence-corrected chi connectivity index (χ0v) is 11.2. The van der Waals surface area contributed by atoms with Gasteiger partial charge in [0.05, 0.1) is 12.7 Å². The molecule has 0 radical (unpaired) electrons. The van der Waals surface area contributed by atoms with Crippen molar-refractivity contribution in [3.63, 3.8) is 0 Å². The van der Waals surface area contributed by atoms with Crippen molar-refractivity contribution in [2.24, 2.45) is 0 Å². The quantitative estimate of drug-likeness (QED) is 0.937. The molecule has 8 heteroatoms. The lowest BCUT2D eigenvalue weighted by Crippen LogP contribution is -2.16. The van der Waals surface area contributed by atoms with E-state index < -0.39 is 12.3 Å². The first kappa shape index (κ1) is 15.6. The first-order valence-corrected chi connectivity index (χ1v) is 5.93.